The number of para-hydroxylation sites is 1. The van der Waals surface area contributed by atoms with Crippen LogP contribution in [0.3, 0.4) is 0 Å². The number of aromatic carboxylic acids is 1. The van der Waals surface area contributed by atoms with Gasteiger partial charge in [0.15, 0.2) is 0 Å². The molecule has 0 spiro atoms. The fraction of sp³-hybridized carbons (Fsp3) is 0.150. The Balaban J connectivity index is 2.17. The van der Waals surface area contributed by atoms with E-state index in [1.54, 1.807) is 6.07 Å². The zero-order chi connectivity index (χ0) is 19.7. The Kier molecular flexibility index (Phi) is 5.01. The van der Waals surface area contributed by atoms with E-state index >= 15 is 0 Å². The highest BCUT2D eigenvalue weighted by Crippen LogP contribution is 2.28. The van der Waals surface area contributed by atoms with Gasteiger partial charge in [-0.15, -0.1) is 0 Å². The number of carbonyl (C=O) groups is 2. The minimum absolute atomic E-state index is 0.0177. The predicted octanol–water partition coefficient (Wildman–Crippen LogP) is 3.65. The Morgan fingerprint density at radius 2 is 1.85 bits per heavy atom. The van der Waals surface area contributed by atoms with Crippen molar-refractivity contribution in [1.29, 1.82) is 0 Å². The van der Waals surface area contributed by atoms with E-state index in [9.17, 15) is 19.5 Å². The summed E-state index contributed by atoms with van der Waals surface area (Å²) in [6.07, 6.45) is 0. The highest BCUT2D eigenvalue weighted by Gasteiger charge is 2.24. The van der Waals surface area contributed by atoms with Gasteiger partial charge >= 0.3 is 5.97 Å². The number of hydrogen-bond acceptors (Lipinski definition) is 3. The lowest BCUT2D eigenvalue weighted by molar-refractivity contribution is 0.0698. The number of nitrogens with zero attached hydrogens (tertiary/aromatic N) is 2. The summed E-state index contributed by atoms with van der Waals surface area (Å²) in [6.45, 7) is 2.23. The molecule has 3 aromatic rings. The number of aromatic nitrogens is 1. The van der Waals surface area contributed by atoms with Crippen LogP contribution in [0.2, 0.25) is 5.02 Å². The van der Waals surface area contributed by atoms with E-state index in [4.69, 9.17) is 11.6 Å². The van der Waals surface area contributed by atoms with E-state index < -0.39 is 17.4 Å². The molecule has 0 aliphatic rings. The maximum atomic E-state index is 13.0. The molecule has 1 heterocycles. The van der Waals surface area contributed by atoms with Crippen molar-refractivity contribution in [2.24, 2.45) is 0 Å². The van der Waals surface area contributed by atoms with Crippen LogP contribution in [-0.4, -0.2) is 28.6 Å². The summed E-state index contributed by atoms with van der Waals surface area (Å²) in [5.74, 6) is -1.85. The van der Waals surface area contributed by atoms with Crippen molar-refractivity contribution in [3.05, 3.63) is 75.0 Å². The first-order valence-electron chi connectivity index (χ1n) is 8.29. The van der Waals surface area contributed by atoms with E-state index in [2.05, 4.69) is 0 Å². The maximum absolute atomic E-state index is 13.0. The van der Waals surface area contributed by atoms with E-state index in [0.717, 1.165) is 15.8 Å². The zero-order valence-corrected chi connectivity index (χ0v) is 15.5. The standard InChI is InChI=1S/C20H17ClN2O4/c1-3-23-15-9-5-4-7-12(15)11-13(19(23)25)18(24)22(2)16-10-6-8-14(21)17(16)20(26)27/h4-11H,3H2,1-2H3,(H,26,27). The molecule has 0 radical (unpaired) electrons. The Hall–Kier alpha value is -3.12. The van der Waals surface area contributed by atoms with Crippen LogP contribution >= 0.6 is 11.6 Å². The van der Waals surface area contributed by atoms with Crippen LogP contribution in [0.4, 0.5) is 5.69 Å². The predicted molar refractivity (Wildman–Crippen MR) is 105 cm³/mol. The van der Waals surface area contributed by atoms with Crippen molar-refractivity contribution in [2.75, 3.05) is 11.9 Å². The molecule has 3 rings (SSSR count). The maximum Gasteiger partial charge on any atom is 0.339 e. The number of pyridine rings is 1. The Morgan fingerprint density at radius 3 is 2.52 bits per heavy atom. The second-order valence-electron chi connectivity index (χ2n) is 5.97. The lowest BCUT2D eigenvalue weighted by atomic mass is 10.1. The Labute approximate surface area is 160 Å². The summed E-state index contributed by atoms with van der Waals surface area (Å²) in [6, 6.07) is 13.3. The number of anilines is 1. The lowest BCUT2D eigenvalue weighted by Crippen LogP contribution is -2.35. The third-order valence-electron chi connectivity index (χ3n) is 4.42. The van der Waals surface area contributed by atoms with Gasteiger partial charge in [-0.05, 0) is 36.6 Å². The first-order valence-corrected chi connectivity index (χ1v) is 8.67. The molecule has 2 aromatic carbocycles. The molecule has 0 saturated heterocycles. The van der Waals surface area contributed by atoms with Crippen molar-refractivity contribution < 1.29 is 14.7 Å². The summed E-state index contributed by atoms with van der Waals surface area (Å²) in [5, 5.41) is 10.2. The summed E-state index contributed by atoms with van der Waals surface area (Å²) in [4.78, 5) is 38.6. The first-order chi connectivity index (χ1) is 12.9. The number of halogens is 1. The fourth-order valence-corrected chi connectivity index (χ4v) is 3.34. The number of amides is 1. The summed E-state index contributed by atoms with van der Waals surface area (Å²) >= 11 is 5.99. The minimum atomic E-state index is -1.25. The highest BCUT2D eigenvalue weighted by atomic mass is 35.5. The van der Waals surface area contributed by atoms with Gasteiger partial charge in [-0.1, -0.05) is 35.9 Å². The van der Waals surface area contributed by atoms with E-state index in [0.29, 0.717) is 6.54 Å². The van der Waals surface area contributed by atoms with E-state index in [-0.39, 0.29) is 21.8 Å². The summed E-state index contributed by atoms with van der Waals surface area (Å²) in [5.41, 5.74) is 0.210. The number of carbonyl (C=O) groups excluding carboxylic acids is 1. The molecule has 0 unspecified atom stereocenters. The molecule has 7 heteroatoms. The zero-order valence-electron chi connectivity index (χ0n) is 14.8. The van der Waals surface area contributed by atoms with Gasteiger partial charge in [-0.3, -0.25) is 9.59 Å². The first kappa shape index (κ1) is 18.7. The molecule has 0 aliphatic carbocycles. The molecule has 6 nitrogen and oxygen atoms in total. The van der Waals surface area contributed by atoms with Crippen molar-refractivity contribution in [2.45, 2.75) is 13.5 Å². The molecule has 0 fully saturated rings. The van der Waals surface area contributed by atoms with Crippen LogP contribution in [0.15, 0.2) is 53.3 Å². The topological polar surface area (TPSA) is 79.6 Å². The van der Waals surface area contributed by atoms with Gasteiger partial charge in [-0.25, -0.2) is 4.79 Å². The van der Waals surface area contributed by atoms with Crippen molar-refractivity contribution in [3.8, 4) is 0 Å². The van der Waals surface area contributed by atoms with E-state index in [1.807, 2.05) is 31.2 Å². The number of aryl methyl sites for hydroxylation is 1. The molecule has 0 aliphatic heterocycles. The molecule has 1 N–H and O–H groups in total. The van der Waals surface area contributed by atoms with Crippen LogP contribution < -0.4 is 10.5 Å². The van der Waals surface area contributed by atoms with Gasteiger partial charge in [-0.2, -0.15) is 0 Å². The molecule has 0 saturated carbocycles. The average molecular weight is 385 g/mol. The number of carboxylic acid groups (broad SMARTS) is 1. The third-order valence-corrected chi connectivity index (χ3v) is 4.74. The molecule has 0 atom stereocenters. The number of rotatable bonds is 4. The highest BCUT2D eigenvalue weighted by molar-refractivity contribution is 6.34. The number of hydrogen-bond donors (Lipinski definition) is 1. The Bertz CT molecular complexity index is 1120. The largest absolute Gasteiger partial charge is 0.478 e. The normalized spacial score (nSPS) is 10.8. The number of benzene rings is 2. The molecule has 138 valence electrons. The minimum Gasteiger partial charge on any atom is -0.478 e. The average Bonchev–Trinajstić information content (AvgIpc) is 2.66. The summed E-state index contributed by atoms with van der Waals surface area (Å²) < 4.78 is 1.52. The molecular formula is C20H17ClN2O4. The van der Waals surface area contributed by atoms with Crippen molar-refractivity contribution in [3.63, 3.8) is 0 Å². The van der Waals surface area contributed by atoms with E-state index in [1.165, 1.54) is 29.8 Å². The molecule has 27 heavy (non-hydrogen) atoms. The monoisotopic (exact) mass is 384 g/mol. The Morgan fingerprint density at radius 1 is 1.15 bits per heavy atom. The second-order valence-corrected chi connectivity index (χ2v) is 6.38. The number of carboxylic acids is 1. The van der Waals surface area contributed by atoms with Gasteiger partial charge < -0.3 is 14.6 Å². The smallest absolute Gasteiger partial charge is 0.339 e. The molecular weight excluding hydrogens is 368 g/mol. The fourth-order valence-electron chi connectivity index (χ4n) is 3.09. The van der Waals surface area contributed by atoms with Gasteiger partial charge in [0.25, 0.3) is 11.5 Å². The quantitative estimate of drug-likeness (QED) is 0.744. The van der Waals surface area contributed by atoms with Crippen molar-refractivity contribution in [1.82, 2.24) is 4.57 Å². The second kappa shape index (κ2) is 7.25. The number of fused-ring (bicyclic) bond motifs is 1. The third kappa shape index (κ3) is 3.19. The van der Waals surface area contributed by atoms with Gasteiger partial charge in [0.05, 0.1) is 16.2 Å². The lowest BCUT2D eigenvalue weighted by Gasteiger charge is -2.20. The van der Waals surface area contributed by atoms with Crippen LogP contribution in [0, 0.1) is 0 Å². The molecule has 1 amide bonds. The van der Waals surface area contributed by atoms with Crippen molar-refractivity contribution >= 4 is 40.1 Å². The summed E-state index contributed by atoms with van der Waals surface area (Å²) in [7, 11) is 1.42. The SMILES string of the molecule is CCn1c(=O)c(C(=O)N(C)c2cccc(Cl)c2C(=O)O)cc2ccccc21. The van der Waals surface area contributed by atoms with Gasteiger partial charge in [0, 0.05) is 13.6 Å². The van der Waals surface area contributed by atoms with Gasteiger partial charge in [0.1, 0.15) is 11.1 Å². The molecule has 1 aromatic heterocycles. The van der Waals surface area contributed by atoms with Gasteiger partial charge in [0.2, 0.25) is 0 Å². The van der Waals surface area contributed by atoms with Crippen LogP contribution in [0.25, 0.3) is 10.9 Å². The van der Waals surface area contributed by atoms with Crippen LogP contribution in [0.5, 0.6) is 0 Å². The van der Waals surface area contributed by atoms with Crippen LogP contribution in [-0.2, 0) is 6.54 Å². The molecule has 0 bridgehead atoms. The van der Waals surface area contributed by atoms with Crippen LogP contribution in [0.1, 0.15) is 27.6 Å².